The number of phosphoric ester groups is 1. The van der Waals surface area contributed by atoms with Crippen molar-refractivity contribution >= 4 is 21.5 Å². The maximum atomic E-state index is 10.9. The van der Waals surface area contributed by atoms with Crippen LogP contribution in [-0.4, -0.2) is 21.9 Å². The maximum absolute atomic E-state index is 10.9. The first-order chi connectivity index (χ1) is 5.72. The fourth-order valence-corrected chi connectivity index (χ4v) is 2.59. The Labute approximate surface area is 72.2 Å². The Hall–Kier alpha value is -0.270. The summed E-state index contributed by atoms with van der Waals surface area (Å²) in [5, 5.41) is 6.72. The summed E-state index contributed by atoms with van der Waals surface area (Å²) in [7, 11) is -9.14. The minimum Gasteiger partial charge on any atom is -0.383 e. The SMILES string of the molecule is N=C(N)C1OP(=O)(OP(=O)(O)O)O1. The van der Waals surface area contributed by atoms with Crippen LogP contribution in [0.1, 0.15) is 0 Å². The second kappa shape index (κ2) is 3.14. The van der Waals surface area contributed by atoms with Gasteiger partial charge in [-0.3, -0.25) is 5.41 Å². The Bertz CT molecular complexity index is 310. The van der Waals surface area contributed by atoms with Crippen LogP contribution in [0.5, 0.6) is 0 Å². The molecule has 0 aromatic heterocycles. The van der Waals surface area contributed by atoms with Crippen molar-refractivity contribution in [3.63, 3.8) is 0 Å². The predicted octanol–water partition coefficient (Wildman–Crippen LogP) is -0.487. The third-order valence-corrected chi connectivity index (χ3v) is 3.46. The van der Waals surface area contributed by atoms with Crippen molar-refractivity contribution in [2.45, 2.75) is 6.29 Å². The molecule has 0 radical (unpaired) electrons. The lowest BCUT2D eigenvalue weighted by Crippen LogP contribution is -2.38. The lowest BCUT2D eigenvalue weighted by Gasteiger charge is -2.32. The third-order valence-electron chi connectivity index (χ3n) is 0.910. The van der Waals surface area contributed by atoms with E-state index in [4.69, 9.17) is 20.9 Å². The van der Waals surface area contributed by atoms with Crippen LogP contribution in [0.25, 0.3) is 0 Å². The summed E-state index contributed by atoms with van der Waals surface area (Å²) in [5.74, 6) is -0.569. The van der Waals surface area contributed by atoms with Gasteiger partial charge in [0.2, 0.25) is 6.29 Å². The largest absolute Gasteiger partial charge is 0.489 e. The molecule has 1 heterocycles. The highest BCUT2D eigenvalue weighted by molar-refractivity contribution is 7.61. The Morgan fingerprint density at radius 1 is 1.62 bits per heavy atom. The van der Waals surface area contributed by atoms with Crippen LogP contribution in [0.15, 0.2) is 0 Å². The van der Waals surface area contributed by atoms with Crippen LogP contribution >= 0.6 is 15.6 Å². The van der Waals surface area contributed by atoms with E-state index in [1.165, 1.54) is 0 Å². The van der Waals surface area contributed by atoms with Gasteiger partial charge in [0.25, 0.3) is 0 Å². The molecular formula is C2H6N2O7P2. The molecule has 0 saturated carbocycles. The third kappa shape index (κ3) is 2.85. The summed E-state index contributed by atoms with van der Waals surface area (Å²) in [5.41, 5.74) is 4.85. The van der Waals surface area contributed by atoms with E-state index in [1.807, 2.05) is 0 Å². The Morgan fingerprint density at radius 2 is 2.08 bits per heavy atom. The van der Waals surface area contributed by atoms with Crippen molar-refractivity contribution < 1.29 is 32.3 Å². The van der Waals surface area contributed by atoms with Gasteiger partial charge >= 0.3 is 15.6 Å². The molecule has 5 N–H and O–H groups in total. The molecule has 1 rings (SSSR count). The van der Waals surface area contributed by atoms with Gasteiger partial charge in [-0.1, -0.05) is 0 Å². The lowest BCUT2D eigenvalue weighted by atomic mass is 10.6. The van der Waals surface area contributed by atoms with Gasteiger partial charge < -0.3 is 15.5 Å². The minimum atomic E-state index is -4.93. The van der Waals surface area contributed by atoms with Crippen molar-refractivity contribution in [1.82, 2.24) is 0 Å². The molecule has 1 aliphatic rings. The average molecular weight is 232 g/mol. The van der Waals surface area contributed by atoms with Gasteiger partial charge in [-0.15, -0.1) is 0 Å². The summed E-state index contributed by atoms with van der Waals surface area (Å²) in [4.78, 5) is 16.4. The molecule has 1 aliphatic heterocycles. The summed E-state index contributed by atoms with van der Waals surface area (Å²) in [6.45, 7) is 0. The zero-order valence-corrected chi connectivity index (χ0v) is 7.77. The van der Waals surface area contributed by atoms with E-state index in [2.05, 4.69) is 13.4 Å². The molecule has 1 fully saturated rings. The van der Waals surface area contributed by atoms with Crippen LogP contribution in [0.2, 0.25) is 0 Å². The zero-order chi connectivity index (χ0) is 10.3. The van der Waals surface area contributed by atoms with Crippen LogP contribution in [0.4, 0.5) is 0 Å². The highest BCUT2D eigenvalue weighted by Gasteiger charge is 2.50. The molecule has 13 heavy (non-hydrogen) atoms. The molecule has 0 aliphatic carbocycles. The zero-order valence-electron chi connectivity index (χ0n) is 5.98. The van der Waals surface area contributed by atoms with Gasteiger partial charge in [-0.2, -0.15) is 4.31 Å². The quantitative estimate of drug-likeness (QED) is 0.289. The number of hydrogen-bond acceptors (Lipinski definition) is 6. The first-order valence-electron chi connectivity index (χ1n) is 2.79. The van der Waals surface area contributed by atoms with Crippen molar-refractivity contribution in [2.75, 3.05) is 0 Å². The number of nitrogens with one attached hydrogen (secondary N) is 1. The molecule has 76 valence electrons. The highest BCUT2D eigenvalue weighted by Crippen LogP contribution is 2.67. The second-order valence-corrected chi connectivity index (χ2v) is 4.97. The molecular weight excluding hydrogens is 226 g/mol. The van der Waals surface area contributed by atoms with E-state index in [1.54, 1.807) is 0 Å². The fourth-order valence-electron chi connectivity index (χ4n) is 0.525. The van der Waals surface area contributed by atoms with E-state index in [-0.39, 0.29) is 0 Å². The van der Waals surface area contributed by atoms with E-state index in [0.717, 1.165) is 0 Å². The number of hydrogen-bond donors (Lipinski definition) is 4. The van der Waals surface area contributed by atoms with Crippen molar-refractivity contribution in [2.24, 2.45) is 5.73 Å². The Balaban J connectivity index is 2.53. The monoisotopic (exact) mass is 232 g/mol. The maximum Gasteiger partial charge on any atom is 0.489 e. The molecule has 9 nitrogen and oxygen atoms in total. The van der Waals surface area contributed by atoms with E-state index in [9.17, 15) is 9.13 Å². The number of nitrogens with two attached hydrogens (primary N) is 1. The molecule has 0 aromatic carbocycles. The normalized spacial score (nSPS) is 33.8. The van der Waals surface area contributed by atoms with Gasteiger partial charge in [-0.05, 0) is 0 Å². The van der Waals surface area contributed by atoms with Gasteiger partial charge in [0.1, 0.15) is 5.84 Å². The fraction of sp³-hybridized carbons (Fsp3) is 0.500. The summed E-state index contributed by atoms with van der Waals surface area (Å²) >= 11 is 0. The van der Waals surface area contributed by atoms with Crippen molar-refractivity contribution in [1.29, 1.82) is 5.41 Å². The first kappa shape index (κ1) is 10.8. The molecule has 11 heteroatoms. The Morgan fingerprint density at radius 3 is 2.38 bits per heavy atom. The number of amidine groups is 1. The second-order valence-electron chi connectivity index (χ2n) is 2.02. The number of rotatable bonds is 3. The first-order valence-corrected chi connectivity index (χ1v) is 5.79. The molecule has 1 saturated heterocycles. The van der Waals surface area contributed by atoms with Gasteiger partial charge in [0, 0.05) is 0 Å². The lowest BCUT2D eigenvalue weighted by molar-refractivity contribution is -0.0712. The molecule has 0 bridgehead atoms. The van der Waals surface area contributed by atoms with E-state index < -0.39 is 27.8 Å². The van der Waals surface area contributed by atoms with Crippen LogP contribution in [0.3, 0.4) is 0 Å². The van der Waals surface area contributed by atoms with Crippen LogP contribution in [-0.2, 0) is 22.5 Å². The predicted molar refractivity (Wildman–Crippen MR) is 38.6 cm³/mol. The van der Waals surface area contributed by atoms with Crippen molar-refractivity contribution in [3.8, 4) is 0 Å². The topological polar surface area (TPSA) is 152 Å². The van der Waals surface area contributed by atoms with Crippen LogP contribution < -0.4 is 5.73 Å². The van der Waals surface area contributed by atoms with E-state index in [0.29, 0.717) is 0 Å². The van der Waals surface area contributed by atoms with Gasteiger partial charge in [0.15, 0.2) is 0 Å². The van der Waals surface area contributed by atoms with Gasteiger partial charge in [0.05, 0.1) is 0 Å². The van der Waals surface area contributed by atoms with Crippen molar-refractivity contribution in [3.05, 3.63) is 0 Å². The molecule has 0 amide bonds. The summed E-state index contributed by atoms with van der Waals surface area (Å²) < 4.78 is 33.2. The molecule has 0 atom stereocenters. The Kier molecular flexibility index (Phi) is 2.61. The summed E-state index contributed by atoms with van der Waals surface area (Å²) in [6.07, 6.45) is -1.36. The van der Waals surface area contributed by atoms with Crippen LogP contribution in [0, 0.1) is 5.41 Å². The van der Waals surface area contributed by atoms with E-state index >= 15 is 0 Å². The molecule has 0 aromatic rings. The van der Waals surface area contributed by atoms with Gasteiger partial charge in [-0.25, -0.2) is 18.2 Å². The summed E-state index contributed by atoms with van der Waals surface area (Å²) in [6, 6.07) is 0. The standard InChI is InChI=1S/C2H6N2O7P2/c3-1(4)2-9-13(8,10-2)11-12(5,6)7/h2H,(H3,3,4)(H2,5,6,7). The smallest absolute Gasteiger partial charge is 0.383 e. The molecule has 0 spiro atoms. The molecule has 0 unspecified atom stereocenters. The minimum absolute atomic E-state index is 0.569. The average Bonchev–Trinajstić information content (AvgIpc) is 1.77. The highest BCUT2D eigenvalue weighted by atomic mass is 31.3. The number of phosphoric acid groups is 2.